The number of carbonyl (C=O) groups excluding carboxylic acids is 1. The van der Waals surface area contributed by atoms with Crippen LogP contribution in [0, 0.1) is 0 Å². The Kier molecular flexibility index (Phi) is 5.48. The second-order valence-electron chi connectivity index (χ2n) is 7.59. The summed E-state index contributed by atoms with van der Waals surface area (Å²) < 4.78 is 36.0. The maximum Gasteiger partial charge on any atom is 0.237 e. The highest BCUT2D eigenvalue weighted by molar-refractivity contribution is 7.88. The minimum atomic E-state index is -3.16. The molecule has 0 spiro atoms. The first-order chi connectivity index (χ1) is 13.4. The first kappa shape index (κ1) is 19.5. The second kappa shape index (κ2) is 7.88. The van der Waals surface area contributed by atoms with Crippen LogP contribution in [0.4, 0.5) is 0 Å². The van der Waals surface area contributed by atoms with Gasteiger partial charge in [-0.1, -0.05) is 6.07 Å². The van der Waals surface area contributed by atoms with Crippen molar-refractivity contribution in [1.29, 1.82) is 0 Å². The first-order valence-electron chi connectivity index (χ1n) is 9.78. The Balaban J connectivity index is 1.39. The summed E-state index contributed by atoms with van der Waals surface area (Å²) in [5.41, 5.74) is 1.08. The number of ether oxygens (including phenoxy) is 2. The SMILES string of the molecule is CS(=O)(=O)N1CCN(CC(=O)N2CCC[C@@H]2c2ccc3c(c2)OCCO3)CC1. The highest BCUT2D eigenvalue weighted by Gasteiger charge is 2.32. The number of nitrogens with zero attached hydrogens (tertiary/aromatic N) is 3. The molecular formula is C19H27N3O5S. The summed E-state index contributed by atoms with van der Waals surface area (Å²) in [5.74, 6) is 1.61. The van der Waals surface area contributed by atoms with Crippen LogP contribution < -0.4 is 9.47 Å². The number of amides is 1. The number of hydrogen-bond donors (Lipinski definition) is 0. The van der Waals surface area contributed by atoms with E-state index in [2.05, 4.69) is 0 Å². The Bertz CT molecular complexity index is 836. The van der Waals surface area contributed by atoms with Crippen LogP contribution in [-0.4, -0.2) is 87.2 Å². The topological polar surface area (TPSA) is 79.4 Å². The lowest BCUT2D eigenvalue weighted by Gasteiger charge is -2.34. The molecule has 9 heteroatoms. The van der Waals surface area contributed by atoms with Crippen LogP contribution in [0.5, 0.6) is 11.5 Å². The molecule has 154 valence electrons. The molecule has 0 unspecified atom stereocenters. The van der Waals surface area contributed by atoms with Gasteiger partial charge in [0.2, 0.25) is 15.9 Å². The third-order valence-electron chi connectivity index (χ3n) is 5.68. The molecule has 1 aromatic rings. The molecule has 8 nitrogen and oxygen atoms in total. The molecule has 0 bridgehead atoms. The van der Waals surface area contributed by atoms with Crippen LogP contribution in [0.2, 0.25) is 0 Å². The highest BCUT2D eigenvalue weighted by Crippen LogP contribution is 2.38. The number of carbonyl (C=O) groups is 1. The Labute approximate surface area is 166 Å². The fourth-order valence-electron chi connectivity index (χ4n) is 4.18. The smallest absolute Gasteiger partial charge is 0.237 e. The van der Waals surface area contributed by atoms with E-state index in [4.69, 9.17) is 9.47 Å². The lowest BCUT2D eigenvalue weighted by Crippen LogP contribution is -2.51. The van der Waals surface area contributed by atoms with E-state index >= 15 is 0 Å². The molecule has 0 aromatic heterocycles. The summed E-state index contributed by atoms with van der Waals surface area (Å²) in [6, 6.07) is 6.00. The predicted molar refractivity (Wildman–Crippen MR) is 104 cm³/mol. The van der Waals surface area contributed by atoms with Crippen molar-refractivity contribution in [1.82, 2.24) is 14.1 Å². The van der Waals surface area contributed by atoms with Gasteiger partial charge in [0.05, 0.1) is 18.8 Å². The van der Waals surface area contributed by atoms with Crippen LogP contribution in [0.25, 0.3) is 0 Å². The molecule has 2 saturated heterocycles. The van der Waals surface area contributed by atoms with Crippen molar-refractivity contribution < 1.29 is 22.7 Å². The molecule has 0 saturated carbocycles. The molecule has 0 radical (unpaired) electrons. The summed E-state index contributed by atoms with van der Waals surface area (Å²) in [4.78, 5) is 17.0. The van der Waals surface area contributed by atoms with Crippen LogP contribution in [0.3, 0.4) is 0 Å². The van der Waals surface area contributed by atoms with E-state index in [9.17, 15) is 13.2 Å². The standard InChI is InChI=1S/C19H27N3O5S/c1-28(24,25)21-9-7-20(8-10-21)14-19(23)22-6-2-3-16(22)15-4-5-17-18(13-15)27-12-11-26-17/h4-5,13,16H,2-3,6-12,14H2,1H3/t16-/m1/s1. The van der Waals surface area contributed by atoms with Gasteiger partial charge >= 0.3 is 0 Å². The van der Waals surface area contributed by atoms with Crippen LogP contribution in [0.1, 0.15) is 24.4 Å². The van der Waals surface area contributed by atoms with Gasteiger partial charge < -0.3 is 14.4 Å². The minimum absolute atomic E-state index is 0.0561. The highest BCUT2D eigenvalue weighted by atomic mass is 32.2. The fraction of sp³-hybridized carbons (Fsp3) is 0.632. The van der Waals surface area contributed by atoms with Gasteiger partial charge in [-0.15, -0.1) is 0 Å². The van der Waals surface area contributed by atoms with E-state index in [0.29, 0.717) is 45.9 Å². The number of sulfonamides is 1. The molecule has 1 amide bonds. The number of benzene rings is 1. The quantitative estimate of drug-likeness (QED) is 0.728. The molecule has 0 N–H and O–H groups in total. The van der Waals surface area contributed by atoms with Crippen molar-refractivity contribution in [2.45, 2.75) is 18.9 Å². The molecule has 3 aliphatic heterocycles. The third-order valence-corrected chi connectivity index (χ3v) is 6.99. The first-order valence-corrected chi connectivity index (χ1v) is 11.6. The molecule has 4 rings (SSSR count). The maximum absolute atomic E-state index is 13.0. The zero-order chi connectivity index (χ0) is 19.7. The molecular weight excluding hydrogens is 382 g/mol. The monoisotopic (exact) mass is 409 g/mol. The summed E-state index contributed by atoms with van der Waals surface area (Å²) in [7, 11) is -3.16. The Morgan fingerprint density at radius 2 is 1.79 bits per heavy atom. The lowest BCUT2D eigenvalue weighted by molar-refractivity contribution is -0.133. The third kappa shape index (κ3) is 4.11. The number of piperazine rings is 1. The largest absolute Gasteiger partial charge is 0.486 e. The van der Waals surface area contributed by atoms with Crippen molar-refractivity contribution in [3.05, 3.63) is 23.8 Å². The molecule has 0 aliphatic carbocycles. The van der Waals surface area contributed by atoms with Crippen molar-refractivity contribution in [2.75, 3.05) is 58.7 Å². The van der Waals surface area contributed by atoms with Gasteiger partial charge in [-0.25, -0.2) is 8.42 Å². The van der Waals surface area contributed by atoms with Crippen molar-refractivity contribution in [2.24, 2.45) is 0 Å². The summed E-state index contributed by atoms with van der Waals surface area (Å²) in [5, 5.41) is 0. The average molecular weight is 410 g/mol. The van der Waals surface area contributed by atoms with E-state index < -0.39 is 10.0 Å². The molecule has 1 atom stereocenters. The van der Waals surface area contributed by atoms with E-state index in [0.717, 1.165) is 36.4 Å². The van der Waals surface area contributed by atoms with Gasteiger partial charge in [-0.05, 0) is 30.5 Å². The Hall–Kier alpha value is -1.84. The number of likely N-dealkylation sites (tertiary alicyclic amines) is 1. The summed E-state index contributed by atoms with van der Waals surface area (Å²) in [6.07, 6.45) is 3.15. The van der Waals surface area contributed by atoms with Gasteiger partial charge in [0.15, 0.2) is 11.5 Å². The van der Waals surface area contributed by atoms with Crippen molar-refractivity contribution in [3.8, 4) is 11.5 Å². The molecule has 2 fully saturated rings. The van der Waals surface area contributed by atoms with Crippen molar-refractivity contribution in [3.63, 3.8) is 0 Å². The zero-order valence-corrected chi connectivity index (χ0v) is 17.0. The minimum Gasteiger partial charge on any atom is -0.486 e. The molecule has 3 aliphatic rings. The number of hydrogen-bond acceptors (Lipinski definition) is 6. The van der Waals surface area contributed by atoms with Crippen molar-refractivity contribution >= 4 is 15.9 Å². The second-order valence-corrected chi connectivity index (χ2v) is 9.57. The van der Waals surface area contributed by atoms with Gasteiger partial charge in [0.1, 0.15) is 13.2 Å². The van der Waals surface area contributed by atoms with Crippen LogP contribution >= 0.6 is 0 Å². The van der Waals surface area contributed by atoms with Gasteiger partial charge in [0, 0.05) is 32.7 Å². The van der Waals surface area contributed by atoms with E-state index in [1.165, 1.54) is 10.6 Å². The molecule has 3 heterocycles. The van der Waals surface area contributed by atoms with Crippen LogP contribution in [0.15, 0.2) is 18.2 Å². The fourth-order valence-corrected chi connectivity index (χ4v) is 5.01. The van der Waals surface area contributed by atoms with Crippen LogP contribution in [-0.2, 0) is 14.8 Å². The summed E-state index contributed by atoms with van der Waals surface area (Å²) >= 11 is 0. The predicted octanol–water partition coefficient (Wildman–Crippen LogP) is 0.699. The van der Waals surface area contributed by atoms with Gasteiger partial charge in [-0.3, -0.25) is 9.69 Å². The Morgan fingerprint density at radius 1 is 1.07 bits per heavy atom. The molecule has 1 aromatic carbocycles. The molecule has 28 heavy (non-hydrogen) atoms. The number of fused-ring (bicyclic) bond motifs is 1. The van der Waals surface area contributed by atoms with E-state index in [-0.39, 0.29) is 11.9 Å². The van der Waals surface area contributed by atoms with E-state index in [1.807, 2.05) is 28.0 Å². The maximum atomic E-state index is 13.0. The van der Waals surface area contributed by atoms with Gasteiger partial charge in [0.25, 0.3) is 0 Å². The summed E-state index contributed by atoms with van der Waals surface area (Å²) in [6.45, 7) is 4.24. The zero-order valence-electron chi connectivity index (χ0n) is 16.2. The lowest BCUT2D eigenvalue weighted by atomic mass is 10.0. The van der Waals surface area contributed by atoms with E-state index in [1.54, 1.807) is 0 Å². The van der Waals surface area contributed by atoms with Gasteiger partial charge in [-0.2, -0.15) is 4.31 Å². The number of rotatable bonds is 4. The normalized spacial score (nSPS) is 23.8. The average Bonchev–Trinajstić information content (AvgIpc) is 3.17. The Morgan fingerprint density at radius 3 is 2.50 bits per heavy atom.